The normalized spacial score (nSPS) is 16.2. The van der Waals surface area contributed by atoms with E-state index in [-0.39, 0.29) is 18.7 Å². The number of rotatable bonds is 7. The van der Waals surface area contributed by atoms with Crippen LogP contribution in [0.1, 0.15) is 23.6 Å². The molecule has 0 radical (unpaired) electrons. The molecule has 0 bridgehead atoms. The number of sulfonamides is 1. The average molecular weight is 452 g/mol. The molecular weight excluding hydrogens is 426 g/mol. The molecule has 0 amide bonds. The minimum atomic E-state index is -3.58. The molecule has 0 N–H and O–H groups in total. The van der Waals surface area contributed by atoms with Crippen LogP contribution in [0.4, 0.5) is 0 Å². The van der Waals surface area contributed by atoms with E-state index in [9.17, 15) is 13.2 Å². The number of benzene rings is 3. The van der Waals surface area contributed by atoms with Gasteiger partial charge in [-0.05, 0) is 47.9 Å². The fourth-order valence-corrected chi connectivity index (χ4v) is 4.90. The molecule has 6 nitrogen and oxygen atoms in total. The Balaban J connectivity index is 1.46. The first-order valence-electron chi connectivity index (χ1n) is 10.5. The van der Waals surface area contributed by atoms with E-state index in [1.54, 1.807) is 31.2 Å². The summed E-state index contributed by atoms with van der Waals surface area (Å²) in [7, 11) is -3.58. The maximum absolute atomic E-state index is 13.0. The van der Waals surface area contributed by atoms with Gasteiger partial charge in [-0.1, -0.05) is 54.6 Å². The highest BCUT2D eigenvalue weighted by atomic mass is 32.2. The van der Waals surface area contributed by atoms with Gasteiger partial charge in [-0.15, -0.1) is 0 Å². The maximum atomic E-state index is 13.0. The minimum absolute atomic E-state index is 0.0770. The average Bonchev–Trinajstić information content (AvgIpc) is 2.83. The molecule has 1 aliphatic heterocycles. The van der Waals surface area contributed by atoms with E-state index in [1.165, 1.54) is 4.31 Å². The van der Waals surface area contributed by atoms with Gasteiger partial charge in [0, 0.05) is 13.0 Å². The minimum Gasteiger partial charge on any atom is -0.489 e. The second-order valence-corrected chi connectivity index (χ2v) is 9.81. The van der Waals surface area contributed by atoms with Gasteiger partial charge in [0.05, 0.1) is 5.75 Å². The molecule has 1 atom stereocenters. The summed E-state index contributed by atoms with van der Waals surface area (Å²) < 4.78 is 37.9. The first-order valence-corrected chi connectivity index (χ1v) is 12.1. The molecule has 1 heterocycles. The van der Waals surface area contributed by atoms with Crippen molar-refractivity contribution in [2.45, 2.75) is 32.5 Å². The lowest BCUT2D eigenvalue weighted by Crippen LogP contribution is -2.50. The molecule has 3 aromatic carbocycles. The van der Waals surface area contributed by atoms with Crippen LogP contribution in [0.25, 0.3) is 0 Å². The molecule has 0 saturated carbocycles. The number of carbonyl (C=O) groups excluding carboxylic acids is 1. The van der Waals surface area contributed by atoms with Crippen LogP contribution < -0.4 is 9.47 Å². The Hall–Kier alpha value is -3.16. The van der Waals surface area contributed by atoms with Crippen LogP contribution >= 0.6 is 0 Å². The smallest absolute Gasteiger partial charge is 0.330 e. The lowest BCUT2D eigenvalue weighted by atomic mass is 9.96. The molecule has 0 saturated heterocycles. The van der Waals surface area contributed by atoms with Crippen LogP contribution in [0.5, 0.6) is 11.5 Å². The summed E-state index contributed by atoms with van der Waals surface area (Å²) in [5, 5.41) is 0. The third-order valence-electron chi connectivity index (χ3n) is 5.49. The van der Waals surface area contributed by atoms with E-state index in [0.717, 1.165) is 16.7 Å². The van der Waals surface area contributed by atoms with E-state index >= 15 is 0 Å². The summed E-state index contributed by atoms with van der Waals surface area (Å²) in [5.41, 5.74) is 2.92. The van der Waals surface area contributed by atoms with Crippen LogP contribution in [0, 0.1) is 0 Å². The topological polar surface area (TPSA) is 72.9 Å². The van der Waals surface area contributed by atoms with Crippen molar-refractivity contribution in [3.8, 4) is 11.5 Å². The fraction of sp³-hybridized carbons (Fsp3) is 0.240. The number of hydrogen-bond acceptors (Lipinski definition) is 5. The summed E-state index contributed by atoms with van der Waals surface area (Å²) in [6.45, 7) is 2.18. The summed E-state index contributed by atoms with van der Waals surface area (Å²) in [6, 6.07) is 23.2. The molecule has 166 valence electrons. The van der Waals surface area contributed by atoms with Gasteiger partial charge in [0.15, 0.2) is 0 Å². The molecule has 0 aromatic heterocycles. The van der Waals surface area contributed by atoms with E-state index in [2.05, 4.69) is 0 Å². The molecule has 3 aromatic rings. The Morgan fingerprint density at radius 3 is 2.22 bits per heavy atom. The number of carbonyl (C=O) groups is 1. The van der Waals surface area contributed by atoms with E-state index in [1.807, 2.05) is 54.6 Å². The lowest BCUT2D eigenvalue weighted by Gasteiger charge is -2.34. The van der Waals surface area contributed by atoms with Crippen molar-refractivity contribution >= 4 is 16.0 Å². The maximum Gasteiger partial charge on any atom is 0.330 e. The van der Waals surface area contributed by atoms with Crippen molar-refractivity contribution in [2.75, 3.05) is 5.75 Å². The number of hydrogen-bond donors (Lipinski definition) is 0. The van der Waals surface area contributed by atoms with Gasteiger partial charge in [0.2, 0.25) is 10.0 Å². The standard InChI is InChI=1S/C25H25NO5S/c1-2-32(28,29)26-17-21-11-7-6-10-20(21)16-24(26)25(27)31-23-14-12-22(13-15-23)30-18-19-8-4-3-5-9-19/h3-15,24H,2,16-18H2,1H3/t24-/m1/s1. The highest BCUT2D eigenvalue weighted by Crippen LogP contribution is 2.28. The van der Waals surface area contributed by atoms with Crippen LogP contribution in [0.2, 0.25) is 0 Å². The van der Waals surface area contributed by atoms with Gasteiger partial charge in [-0.3, -0.25) is 0 Å². The Kier molecular flexibility index (Phi) is 6.58. The molecule has 4 rings (SSSR count). The Morgan fingerprint density at radius 1 is 0.906 bits per heavy atom. The van der Waals surface area contributed by atoms with Crippen LogP contribution in [-0.4, -0.2) is 30.5 Å². The van der Waals surface area contributed by atoms with Crippen molar-refractivity contribution in [3.05, 3.63) is 95.6 Å². The zero-order chi connectivity index (χ0) is 22.6. The SMILES string of the molecule is CCS(=O)(=O)N1Cc2ccccc2C[C@@H]1C(=O)Oc1ccc(OCc2ccccc2)cc1. The first-order chi connectivity index (χ1) is 15.5. The van der Waals surface area contributed by atoms with Gasteiger partial charge < -0.3 is 9.47 Å². The summed E-state index contributed by atoms with van der Waals surface area (Å²) in [6.07, 6.45) is 0.284. The molecule has 1 aliphatic rings. The zero-order valence-electron chi connectivity index (χ0n) is 17.8. The number of fused-ring (bicyclic) bond motifs is 1. The monoisotopic (exact) mass is 451 g/mol. The predicted molar refractivity (Wildman–Crippen MR) is 122 cm³/mol. The van der Waals surface area contributed by atoms with Crippen molar-refractivity contribution in [3.63, 3.8) is 0 Å². The van der Waals surface area contributed by atoms with Gasteiger partial charge in [0.25, 0.3) is 0 Å². The highest BCUT2D eigenvalue weighted by Gasteiger charge is 2.39. The number of nitrogens with zero attached hydrogens (tertiary/aromatic N) is 1. The quantitative estimate of drug-likeness (QED) is 0.402. The second kappa shape index (κ2) is 9.54. The molecule has 32 heavy (non-hydrogen) atoms. The summed E-state index contributed by atoms with van der Waals surface area (Å²) in [4.78, 5) is 13.0. The Bertz CT molecular complexity index is 1180. The fourth-order valence-electron chi connectivity index (χ4n) is 3.69. The van der Waals surface area contributed by atoms with Crippen LogP contribution in [0.15, 0.2) is 78.9 Å². The molecule has 0 aliphatic carbocycles. The summed E-state index contributed by atoms with van der Waals surface area (Å²) in [5.74, 6) is 0.325. The lowest BCUT2D eigenvalue weighted by molar-refractivity contribution is -0.139. The largest absolute Gasteiger partial charge is 0.489 e. The van der Waals surface area contributed by atoms with Gasteiger partial charge in [-0.25, -0.2) is 13.2 Å². The van der Waals surface area contributed by atoms with Crippen molar-refractivity contribution in [1.29, 1.82) is 0 Å². The van der Waals surface area contributed by atoms with Crippen molar-refractivity contribution in [2.24, 2.45) is 0 Å². The molecule has 0 unspecified atom stereocenters. The predicted octanol–water partition coefficient (Wildman–Crippen LogP) is 3.95. The second-order valence-electron chi connectivity index (χ2n) is 7.60. The van der Waals surface area contributed by atoms with Gasteiger partial charge in [0.1, 0.15) is 24.1 Å². The van der Waals surface area contributed by atoms with Crippen molar-refractivity contribution in [1.82, 2.24) is 4.31 Å². The highest BCUT2D eigenvalue weighted by molar-refractivity contribution is 7.89. The number of esters is 1. The Labute approximate surface area is 188 Å². The van der Waals surface area contributed by atoms with E-state index in [4.69, 9.17) is 9.47 Å². The van der Waals surface area contributed by atoms with E-state index in [0.29, 0.717) is 18.1 Å². The van der Waals surface area contributed by atoms with E-state index < -0.39 is 22.0 Å². The van der Waals surface area contributed by atoms with Crippen LogP contribution in [0.3, 0.4) is 0 Å². The molecule has 0 fully saturated rings. The Morgan fingerprint density at radius 2 is 1.53 bits per heavy atom. The van der Waals surface area contributed by atoms with Crippen molar-refractivity contribution < 1.29 is 22.7 Å². The third-order valence-corrected chi connectivity index (χ3v) is 7.32. The van der Waals surface area contributed by atoms with Gasteiger partial charge >= 0.3 is 5.97 Å². The molecule has 0 spiro atoms. The first kappa shape index (κ1) is 22.0. The van der Waals surface area contributed by atoms with Crippen LogP contribution in [-0.2, 0) is 34.4 Å². The third kappa shape index (κ3) is 5.00. The molecule has 7 heteroatoms. The number of ether oxygens (including phenoxy) is 2. The molecular formula is C25H25NO5S. The summed E-state index contributed by atoms with van der Waals surface area (Å²) >= 11 is 0. The zero-order valence-corrected chi connectivity index (χ0v) is 18.6. The van der Waals surface area contributed by atoms with Gasteiger partial charge in [-0.2, -0.15) is 4.31 Å².